The van der Waals surface area contributed by atoms with Gasteiger partial charge < -0.3 is 9.88 Å². The largest absolute Gasteiger partial charge is 0.355 e. The van der Waals surface area contributed by atoms with Crippen molar-refractivity contribution >= 4 is 29.7 Å². The lowest BCUT2D eigenvalue weighted by Crippen LogP contribution is -2.17. The van der Waals surface area contributed by atoms with Gasteiger partial charge in [0.25, 0.3) is 5.91 Å². The van der Waals surface area contributed by atoms with E-state index in [4.69, 9.17) is 0 Å². The van der Waals surface area contributed by atoms with E-state index < -0.39 is 0 Å². The Labute approximate surface area is 130 Å². The predicted octanol–water partition coefficient (Wildman–Crippen LogP) is 1.82. The SMILES string of the molecule is C[B]c1ccc(Cn2cnc3ccc(C(=O)NC)cc32)cc1. The molecular weight excluding hydrogens is 273 g/mol. The van der Waals surface area contributed by atoms with E-state index in [1.807, 2.05) is 25.3 Å². The number of amides is 1. The Morgan fingerprint density at radius 1 is 1.23 bits per heavy atom. The van der Waals surface area contributed by atoms with Gasteiger partial charge in [-0.3, -0.25) is 4.79 Å². The summed E-state index contributed by atoms with van der Waals surface area (Å²) in [5.41, 5.74) is 4.92. The van der Waals surface area contributed by atoms with Crippen molar-refractivity contribution < 1.29 is 4.79 Å². The Balaban J connectivity index is 1.94. The smallest absolute Gasteiger partial charge is 0.251 e. The predicted molar refractivity (Wildman–Crippen MR) is 89.9 cm³/mol. The van der Waals surface area contributed by atoms with Gasteiger partial charge in [0.05, 0.1) is 17.4 Å². The summed E-state index contributed by atoms with van der Waals surface area (Å²) < 4.78 is 2.06. The Bertz CT molecular complexity index is 808. The van der Waals surface area contributed by atoms with Gasteiger partial charge in [0.15, 0.2) is 0 Å². The van der Waals surface area contributed by atoms with Crippen molar-refractivity contribution in [3.05, 3.63) is 59.9 Å². The van der Waals surface area contributed by atoms with Crippen molar-refractivity contribution in [2.24, 2.45) is 0 Å². The number of hydrogen-bond donors (Lipinski definition) is 1. The summed E-state index contributed by atoms with van der Waals surface area (Å²) in [6.07, 6.45) is 1.82. The second-order valence-electron chi connectivity index (χ2n) is 5.19. The van der Waals surface area contributed by atoms with Crippen LogP contribution in [0.3, 0.4) is 0 Å². The van der Waals surface area contributed by atoms with Crippen LogP contribution in [0.4, 0.5) is 0 Å². The molecule has 2 aromatic carbocycles. The summed E-state index contributed by atoms with van der Waals surface area (Å²) in [5.74, 6) is -0.0857. The van der Waals surface area contributed by atoms with Crippen molar-refractivity contribution in [3.8, 4) is 0 Å². The summed E-state index contributed by atoms with van der Waals surface area (Å²) in [4.78, 5) is 16.2. The van der Waals surface area contributed by atoms with Crippen LogP contribution in [0, 0.1) is 0 Å². The van der Waals surface area contributed by atoms with Crippen molar-refractivity contribution in [3.63, 3.8) is 0 Å². The molecule has 0 spiro atoms. The van der Waals surface area contributed by atoms with E-state index in [0.29, 0.717) is 5.56 Å². The number of aromatic nitrogens is 2. The summed E-state index contributed by atoms with van der Waals surface area (Å²) in [6, 6.07) is 14.0. The van der Waals surface area contributed by atoms with Gasteiger partial charge in [-0.25, -0.2) is 4.98 Å². The number of carbonyl (C=O) groups excluding carboxylic acids is 1. The number of benzene rings is 2. The molecule has 1 N–H and O–H groups in total. The molecule has 4 nitrogen and oxygen atoms in total. The highest BCUT2D eigenvalue weighted by atomic mass is 16.1. The fourth-order valence-corrected chi connectivity index (χ4v) is 2.48. The molecule has 1 heterocycles. The molecule has 0 aliphatic heterocycles. The van der Waals surface area contributed by atoms with Gasteiger partial charge in [-0.05, 0) is 23.8 Å². The number of carbonyl (C=O) groups is 1. The van der Waals surface area contributed by atoms with E-state index in [9.17, 15) is 4.79 Å². The first-order chi connectivity index (χ1) is 10.7. The van der Waals surface area contributed by atoms with E-state index in [0.717, 1.165) is 17.6 Å². The first kappa shape index (κ1) is 14.4. The average Bonchev–Trinajstić information content (AvgIpc) is 2.97. The maximum atomic E-state index is 11.8. The molecule has 0 bridgehead atoms. The Kier molecular flexibility index (Phi) is 3.96. The van der Waals surface area contributed by atoms with Crippen molar-refractivity contribution in [2.75, 3.05) is 7.05 Å². The monoisotopic (exact) mass is 290 g/mol. The molecule has 1 aromatic heterocycles. The number of fused-ring (bicyclic) bond motifs is 1. The Morgan fingerprint density at radius 3 is 2.68 bits per heavy atom. The van der Waals surface area contributed by atoms with Gasteiger partial charge in [0.1, 0.15) is 7.28 Å². The van der Waals surface area contributed by atoms with Crippen LogP contribution in [-0.2, 0) is 6.54 Å². The van der Waals surface area contributed by atoms with Crippen LogP contribution in [0.1, 0.15) is 15.9 Å². The summed E-state index contributed by atoms with van der Waals surface area (Å²) in [5, 5.41) is 2.65. The molecule has 109 valence electrons. The average molecular weight is 290 g/mol. The molecule has 3 aromatic rings. The lowest BCUT2D eigenvalue weighted by atomic mass is 9.73. The fraction of sp³-hybridized carbons (Fsp3) is 0.176. The summed E-state index contributed by atoms with van der Waals surface area (Å²) in [7, 11) is 3.71. The van der Waals surface area contributed by atoms with Crippen molar-refractivity contribution in [1.82, 2.24) is 14.9 Å². The normalized spacial score (nSPS) is 10.6. The molecule has 22 heavy (non-hydrogen) atoms. The molecule has 0 atom stereocenters. The molecular formula is C17H17BN3O. The quantitative estimate of drug-likeness (QED) is 0.745. The third-order valence-electron chi connectivity index (χ3n) is 3.78. The van der Waals surface area contributed by atoms with Gasteiger partial charge in [-0.1, -0.05) is 36.6 Å². The highest BCUT2D eigenvalue weighted by Crippen LogP contribution is 2.16. The maximum Gasteiger partial charge on any atom is 0.251 e. The van der Waals surface area contributed by atoms with E-state index >= 15 is 0 Å². The third-order valence-corrected chi connectivity index (χ3v) is 3.78. The van der Waals surface area contributed by atoms with Crippen LogP contribution in [0.25, 0.3) is 11.0 Å². The Morgan fingerprint density at radius 2 is 2.00 bits per heavy atom. The minimum atomic E-state index is -0.0857. The molecule has 1 amide bonds. The van der Waals surface area contributed by atoms with Crippen LogP contribution in [0.5, 0.6) is 0 Å². The molecule has 0 saturated carbocycles. The number of rotatable bonds is 4. The minimum absolute atomic E-state index is 0.0857. The molecule has 0 unspecified atom stereocenters. The highest BCUT2D eigenvalue weighted by Gasteiger charge is 2.08. The fourth-order valence-electron chi connectivity index (χ4n) is 2.48. The molecule has 5 heteroatoms. The van der Waals surface area contributed by atoms with Gasteiger partial charge in [-0.15, -0.1) is 0 Å². The number of nitrogens with zero attached hydrogens (tertiary/aromatic N) is 2. The van der Waals surface area contributed by atoms with Crippen molar-refractivity contribution in [2.45, 2.75) is 13.4 Å². The molecule has 0 fully saturated rings. The second-order valence-corrected chi connectivity index (χ2v) is 5.19. The summed E-state index contributed by atoms with van der Waals surface area (Å²) >= 11 is 0. The molecule has 3 rings (SSSR count). The molecule has 0 aliphatic rings. The van der Waals surface area contributed by atoms with E-state index in [2.05, 4.69) is 46.4 Å². The lowest BCUT2D eigenvalue weighted by molar-refractivity contribution is 0.0963. The van der Waals surface area contributed by atoms with Crippen LogP contribution < -0.4 is 10.8 Å². The van der Waals surface area contributed by atoms with Crippen molar-refractivity contribution in [1.29, 1.82) is 0 Å². The topological polar surface area (TPSA) is 46.9 Å². The summed E-state index contributed by atoms with van der Waals surface area (Å²) in [6.45, 7) is 2.76. The first-order valence-corrected chi connectivity index (χ1v) is 7.26. The zero-order chi connectivity index (χ0) is 15.5. The van der Waals surface area contributed by atoms with E-state index in [1.54, 1.807) is 13.1 Å². The minimum Gasteiger partial charge on any atom is -0.355 e. The molecule has 0 saturated heterocycles. The zero-order valence-electron chi connectivity index (χ0n) is 12.7. The van der Waals surface area contributed by atoms with E-state index in [-0.39, 0.29) is 5.91 Å². The van der Waals surface area contributed by atoms with Crippen LogP contribution in [0.2, 0.25) is 6.82 Å². The Hall–Kier alpha value is -2.56. The van der Waals surface area contributed by atoms with Crippen LogP contribution in [0.15, 0.2) is 48.8 Å². The van der Waals surface area contributed by atoms with E-state index in [1.165, 1.54) is 11.0 Å². The third kappa shape index (κ3) is 2.75. The highest BCUT2D eigenvalue weighted by molar-refractivity contribution is 6.51. The second kappa shape index (κ2) is 6.06. The zero-order valence-corrected chi connectivity index (χ0v) is 12.7. The number of hydrogen-bond acceptors (Lipinski definition) is 2. The van der Waals surface area contributed by atoms with Gasteiger partial charge in [0, 0.05) is 19.2 Å². The lowest BCUT2D eigenvalue weighted by Gasteiger charge is -2.07. The van der Waals surface area contributed by atoms with Crippen LogP contribution >= 0.6 is 0 Å². The molecule has 1 radical (unpaired) electrons. The van der Waals surface area contributed by atoms with Gasteiger partial charge in [0.2, 0.25) is 0 Å². The standard InChI is InChI=1S/C17H17BN3O/c1-18-14-6-3-12(4-7-14)10-21-11-20-15-8-5-13(9-16(15)21)17(22)19-2/h3-9,11H,10H2,1-2H3,(H,19,22). The van der Waals surface area contributed by atoms with Gasteiger partial charge in [-0.2, -0.15) is 0 Å². The number of imidazole rings is 1. The first-order valence-electron chi connectivity index (χ1n) is 7.26. The van der Waals surface area contributed by atoms with Crippen LogP contribution in [-0.4, -0.2) is 29.8 Å². The van der Waals surface area contributed by atoms with Gasteiger partial charge >= 0.3 is 0 Å². The molecule has 0 aliphatic carbocycles. The number of nitrogens with one attached hydrogen (secondary N) is 1. The maximum absolute atomic E-state index is 11.8.